The van der Waals surface area contributed by atoms with Gasteiger partial charge in [0.25, 0.3) is 0 Å². The zero-order valence-electron chi connectivity index (χ0n) is 12.0. The van der Waals surface area contributed by atoms with E-state index < -0.39 is 18.0 Å². The van der Waals surface area contributed by atoms with Gasteiger partial charge in [-0.3, -0.25) is 9.59 Å². The van der Waals surface area contributed by atoms with Crippen LogP contribution in [-0.2, 0) is 19.1 Å². The van der Waals surface area contributed by atoms with Gasteiger partial charge in [-0.1, -0.05) is 19.8 Å². The molecule has 0 aliphatic rings. The molecule has 2 N–H and O–H groups in total. The summed E-state index contributed by atoms with van der Waals surface area (Å²) in [6.45, 7) is 3.90. The van der Waals surface area contributed by atoms with Gasteiger partial charge in [-0.2, -0.15) is 0 Å². The Morgan fingerprint density at radius 3 is 2.30 bits per heavy atom. The van der Waals surface area contributed by atoms with Gasteiger partial charge in [0.2, 0.25) is 5.91 Å². The predicted octanol–water partition coefficient (Wildman–Crippen LogP) is -1.52. The molecule has 0 spiro atoms. The van der Waals surface area contributed by atoms with Gasteiger partial charge >= 0.3 is 11.9 Å². The number of halogens is 1. The van der Waals surface area contributed by atoms with Crippen molar-refractivity contribution in [3.8, 4) is 0 Å². The highest BCUT2D eigenvalue weighted by atomic mass is 79.9. The van der Waals surface area contributed by atoms with Gasteiger partial charge in [-0.05, 0) is 19.8 Å². The van der Waals surface area contributed by atoms with Crippen LogP contribution in [0.2, 0.25) is 0 Å². The number of carbonyl (C=O) groups is 3. The predicted molar refractivity (Wildman–Crippen MR) is 69.6 cm³/mol. The van der Waals surface area contributed by atoms with E-state index in [4.69, 9.17) is 9.84 Å². The third-order valence-corrected chi connectivity index (χ3v) is 2.56. The van der Waals surface area contributed by atoms with Crippen LogP contribution in [0, 0.1) is 0 Å². The van der Waals surface area contributed by atoms with Crippen molar-refractivity contribution >= 4 is 17.8 Å². The molecule has 6 nitrogen and oxygen atoms in total. The Labute approximate surface area is 130 Å². The first-order valence-electron chi connectivity index (χ1n) is 6.69. The van der Waals surface area contributed by atoms with E-state index in [9.17, 15) is 14.4 Å². The van der Waals surface area contributed by atoms with E-state index in [0.29, 0.717) is 6.42 Å². The number of ether oxygens (including phenoxy) is 1. The van der Waals surface area contributed by atoms with Crippen molar-refractivity contribution < 1.29 is 41.2 Å². The topological polar surface area (TPSA) is 92.7 Å². The third kappa shape index (κ3) is 10.8. The maximum Gasteiger partial charge on any atom is 0.328 e. The zero-order chi connectivity index (χ0) is 14.7. The first-order chi connectivity index (χ1) is 9.01. The Morgan fingerprint density at radius 1 is 1.15 bits per heavy atom. The number of esters is 1. The monoisotopic (exact) mass is 352 g/mol. The van der Waals surface area contributed by atoms with Crippen LogP contribution >= 0.6 is 0 Å². The number of aliphatic carboxylic acids is 1. The maximum absolute atomic E-state index is 11.6. The fraction of sp³-hybridized carbons (Fsp3) is 0.769. The molecule has 1 amide bonds. The summed E-state index contributed by atoms with van der Waals surface area (Å²) in [5.41, 5.74) is 0. The molecule has 0 saturated heterocycles. The molecule has 7 heteroatoms. The molecule has 0 aliphatic carbocycles. The fourth-order valence-corrected chi connectivity index (χ4v) is 1.56. The number of hydrogen-bond acceptors (Lipinski definition) is 4. The highest BCUT2D eigenvalue weighted by Crippen LogP contribution is 2.04. The summed E-state index contributed by atoms with van der Waals surface area (Å²) in [6, 6.07) is -0.870. The second-order valence-electron chi connectivity index (χ2n) is 4.26. The number of rotatable bonds is 10. The molecular weight excluding hydrogens is 330 g/mol. The van der Waals surface area contributed by atoms with Gasteiger partial charge in [0.1, 0.15) is 6.04 Å². The van der Waals surface area contributed by atoms with Crippen molar-refractivity contribution in [2.24, 2.45) is 0 Å². The van der Waals surface area contributed by atoms with E-state index in [1.54, 1.807) is 6.92 Å². The van der Waals surface area contributed by atoms with Crippen molar-refractivity contribution in [1.82, 2.24) is 5.32 Å². The number of carbonyl (C=O) groups excluding carboxylic acids is 2. The minimum Gasteiger partial charge on any atom is -1.00 e. The summed E-state index contributed by atoms with van der Waals surface area (Å²) >= 11 is 0. The molecule has 118 valence electrons. The Morgan fingerprint density at radius 2 is 1.80 bits per heavy atom. The van der Waals surface area contributed by atoms with Gasteiger partial charge in [0.05, 0.1) is 6.61 Å². The van der Waals surface area contributed by atoms with Gasteiger partial charge in [-0.15, -0.1) is 0 Å². The molecule has 0 aromatic heterocycles. The molecule has 0 radical (unpaired) electrons. The Balaban J connectivity index is 0. The lowest BCUT2D eigenvalue weighted by Crippen LogP contribution is -3.00. The average molecular weight is 353 g/mol. The van der Waals surface area contributed by atoms with Gasteiger partial charge < -0.3 is 32.1 Å². The molecular formula is C13H23BrNO5-. The van der Waals surface area contributed by atoms with E-state index >= 15 is 0 Å². The van der Waals surface area contributed by atoms with Crippen LogP contribution in [0.15, 0.2) is 0 Å². The minimum atomic E-state index is -1.01. The second kappa shape index (κ2) is 12.9. The van der Waals surface area contributed by atoms with Gasteiger partial charge in [-0.25, -0.2) is 4.79 Å². The molecule has 0 aromatic rings. The van der Waals surface area contributed by atoms with Crippen LogP contribution in [-0.4, -0.2) is 35.6 Å². The highest BCUT2D eigenvalue weighted by molar-refractivity contribution is 5.84. The number of nitrogens with one attached hydrogen (secondary N) is 1. The SMILES string of the molecule is CCCCCC(=O)NC(CCC(=O)O)C(=O)OCC.[Br-]. The highest BCUT2D eigenvalue weighted by Gasteiger charge is 2.22. The van der Waals surface area contributed by atoms with Crippen molar-refractivity contribution in [2.45, 2.75) is 58.4 Å². The molecule has 1 unspecified atom stereocenters. The Hall–Kier alpha value is -1.11. The molecule has 0 saturated carbocycles. The summed E-state index contributed by atoms with van der Waals surface area (Å²) in [7, 11) is 0. The first-order valence-corrected chi connectivity index (χ1v) is 6.69. The molecule has 0 heterocycles. The van der Waals surface area contributed by atoms with Gasteiger partial charge in [0.15, 0.2) is 0 Å². The van der Waals surface area contributed by atoms with E-state index in [0.717, 1.165) is 19.3 Å². The quantitative estimate of drug-likeness (QED) is 0.368. The van der Waals surface area contributed by atoms with Crippen molar-refractivity contribution in [3.05, 3.63) is 0 Å². The Kier molecular flexibility index (Phi) is 13.7. The fourth-order valence-electron chi connectivity index (χ4n) is 1.56. The number of carboxylic acids is 1. The van der Waals surface area contributed by atoms with Crippen LogP contribution in [0.4, 0.5) is 0 Å². The lowest BCUT2D eigenvalue weighted by Gasteiger charge is -2.16. The molecule has 0 fully saturated rings. The van der Waals surface area contributed by atoms with Crippen LogP contribution in [0.5, 0.6) is 0 Å². The summed E-state index contributed by atoms with van der Waals surface area (Å²) in [5, 5.41) is 11.2. The number of carboxylic acid groups (broad SMARTS) is 1. The zero-order valence-corrected chi connectivity index (χ0v) is 13.6. The van der Waals surface area contributed by atoms with Crippen LogP contribution in [0.1, 0.15) is 52.4 Å². The first kappa shape index (κ1) is 21.2. The molecule has 1 atom stereocenters. The summed E-state index contributed by atoms with van der Waals surface area (Å²) in [6.07, 6.45) is 2.93. The van der Waals surface area contributed by atoms with E-state index in [1.807, 2.05) is 6.92 Å². The van der Waals surface area contributed by atoms with Crippen molar-refractivity contribution in [3.63, 3.8) is 0 Å². The minimum absolute atomic E-state index is 0. The molecule has 0 bridgehead atoms. The Bertz CT molecular complexity index is 309. The van der Waals surface area contributed by atoms with Crippen molar-refractivity contribution in [2.75, 3.05) is 6.61 Å². The number of unbranched alkanes of at least 4 members (excludes halogenated alkanes) is 2. The average Bonchev–Trinajstić information content (AvgIpc) is 2.34. The van der Waals surface area contributed by atoms with E-state index in [1.165, 1.54) is 0 Å². The van der Waals surface area contributed by atoms with Crippen LogP contribution in [0.3, 0.4) is 0 Å². The number of amides is 1. The summed E-state index contributed by atoms with van der Waals surface area (Å²) < 4.78 is 4.82. The smallest absolute Gasteiger partial charge is 0.328 e. The van der Waals surface area contributed by atoms with E-state index in [2.05, 4.69) is 5.32 Å². The van der Waals surface area contributed by atoms with Crippen LogP contribution < -0.4 is 22.3 Å². The second-order valence-corrected chi connectivity index (χ2v) is 4.26. The lowest BCUT2D eigenvalue weighted by molar-refractivity contribution is -0.148. The van der Waals surface area contributed by atoms with E-state index in [-0.39, 0.29) is 42.3 Å². The standard InChI is InChI=1S/C13H23NO5.BrH/c1-3-5-6-7-11(15)14-10(8-9-12(16)17)13(18)19-4-2;/h10H,3-9H2,1-2H3,(H,14,15)(H,16,17);1H/p-1. The largest absolute Gasteiger partial charge is 1.00 e. The van der Waals surface area contributed by atoms with Crippen molar-refractivity contribution in [1.29, 1.82) is 0 Å². The lowest BCUT2D eigenvalue weighted by atomic mass is 10.1. The molecule has 0 aliphatic heterocycles. The molecule has 0 aromatic carbocycles. The number of hydrogen-bond donors (Lipinski definition) is 2. The third-order valence-electron chi connectivity index (χ3n) is 2.56. The van der Waals surface area contributed by atoms with Crippen LogP contribution in [0.25, 0.3) is 0 Å². The summed E-state index contributed by atoms with van der Waals surface area (Å²) in [5.74, 6) is -1.82. The molecule has 0 rings (SSSR count). The molecule has 20 heavy (non-hydrogen) atoms. The normalized spacial score (nSPS) is 11.1. The summed E-state index contributed by atoms with van der Waals surface area (Å²) in [4.78, 5) is 33.7. The van der Waals surface area contributed by atoms with Gasteiger partial charge in [0, 0.05) is 12.8 Å². The maximum atomic E-state index is 11.6.